The molecule has 0 aliphatic carbocycles. The van der Waals surface area contributed by atoms with Crippen molar-refractivity contribution in [1.82, 2.24) is 14.5 Å². The number of nitrogens with zero attached hydrogens (tertiary/aromatic N) is 4. The number of hydrogen-bond donors (Lipinski definition) is 1. The fraction of sp³-hybridized carbons (Fsp3) is 0.391. The Morgan fingerprint density at radius 2 is 2.03 bits per heavy atom. The lowest BCUT2D eigenvalue weighted by Gasteiger charge is -2.27. The minimum absolute atomic E-state index is 0.0672. The van der Waals surface area contributed by atoms with Crippen LogP contribution in [-0.4, -0.2) is 53.2 Å². The summed E-state index contributed by atoms with van der Waals surface area (Å²) in [5.74, 6) is 1.16. The molecule has 0 radical (unpaired) electrons. The highest BCUT2D eigenvalue weighted by atomic mass is 35.5. The molecule has 1 aliphatic rings. The van der Waals surface area contributed by atoms with Crippen LogP contribution < -0.4 is 20.5 Å². The lowest BCUT2D eigenvalue weighted by atomic mass is 10.1. The van der Waals surface area contributed by atoms with Gasteiger partial charge in [-0.2, -0.15) is 4.98 Å². The minimum Gasteiger partial charge on any atom is -0.480 e. The van der Waals surface area contributed by atoms with E-state index in [9.17, 15) is 9.59 Å². The summed E-state index contributed by atoms with van der Waals surface area (Å²) < 4.78 is 12.6. The van der Waals surface area contributed by atoms with Gasteiger partial charge in [0.05, 0.1) is 24.9 Å². The van der Waals surface area contributed by atoms with Gasteiger partial charge in [-0.1, -0.05) is 18.5 Å². The highest BCUT2D eigenvalue weighted by Gasteiger charge is 2.16. The molecule has 0 bridgehead atoms. The quantitative estimate of drug-likeness (QED) is 0.533. The molecule has 33 heavy (non-hydrogen) atoms. The van der Waals surface area contributed by atoms with E-state index in [2.05, 4.69) is 15.3 Å². The molecule has 1 saturated heterocycles. The molecule has 0 spiro atoms. The van der Waals surface area contributed by atoms with Gasteiger partial charge in [0.2, 0.25) is 5.95 Å². The summed E-state index contributed by atoms with van der Waals surface area (Å²) in [6.07, 6.45) is 1.93. The zero-order valence-corrected chi connectivity index (χ0v) is 19.4. The standard InChI is InChI=1S/C23H26ClN5O4/c1-3-17(30)14-33-20-12-15-11-16(5-6-19(15)29(4-2)22(20)31)26-21-18(24)13-25-23(27-21)28-7-9-32-10-8-28/h5-6,11-13H,3-4,7-10,14H2,1-2H3,(H,25,26,27). The Morgan fingerprint density at radius 3 is 2.76 bits per heavy atom. The monoisotopic (exact) mass is 471 g/mol. The van der Waals surface area contributed by atoms with Gasteiger partial charge in [0, 0.05) is 37.1 Å². The highest BCUT2D eigenvalue weighted by Crippen LogP contribution is 2.28. The molecule has 2 aromatic heterocycles. The molecule has 0 saturated carbocycles. The predicted molar refractivity (Wildman–Crippen MR) is 128 cm³/mol. The molecule has 0 atom stereocenters. The van der Waals surface area contributed by atoms with E-state index in [-0.39, 0.29) is 23.7 Å². The third-order valence-electron chi connectivity index (χ3n) is 5.45. The number of rotatable bonds is 8. The van der Waals surface area contributed by atoms with Crippen LogP contribution in [-0.2, 0) is 16.1 Å². The van der Waals surface area contributed by atoms with E-state index >= 15 is 0 Å². The summed E-state index contributed by atoms with van der Waals surface area (Å²) in [4.78, 5) is 35.4. The van der Waals surface area contributed by atoms with Crippen LogP contribution in [0.5, 0.6) is 5.75 Å². The predicted octanol–water partition coefficient (Wildman–Crippen LogP) is 3.40. The molecule has 1 fully saturated rings. The first kappa shape index (κ1) is 23.0. The third kappa shape index (κ3) is 5.09. The third-order valence-corrected chi connectivity index (χ3v) is 5.72. The number of halogens is 1. The molecule has 1 aromatic carbocycles. The van der Waals surface area contributed by atoms with Crippen LogP contribution in [0.15, 0.2) is 35.3 Å². The summed E-state index contributed by atoms with van der Waals surface area (Å²) in [6, 6.07) is 7.28. The summed E-state index contributed by atoms with van der Waals surface area (Å²) in [6.45, 7) is 6.70. The second-order valence-corrected chi connectivity index (χ2v) is 8.01. The van der Waals surface area contributed by atoms with E-state index in [4.69, 9.17) is 21.1 Å². The van der Waals surface area contributed by atoms with Crippen molar-refractivity contribution in [2.45, 2.75) is 26.8 Å². The van der Waals surface area contributed by atoms with Crippen molar-refractivity contribution in [3.8, 4) is 5.75 Å². The maximum atomic E-state index is 12.8. The number of ketones is 1. The van der Waals surface area contributed by atoms with E-state index in [1.165, 1.54) is 0 Å². The number of aromatic nitrogens is 3. The van der Waals surface area contributed by atoms with Gasteiger partial charge in [0.1, 0.15) is 11.6 Å². The fourth-order valence-corrected chi connectivity index (χ4v) is 3.75. The zero-order valence-electron chi connectivity index (χ0n) is 18.6. The first-order valence-corrected chi connectivity index (χ1v) is 11.3. The second-order valence-electron chi connectivity index (χ2n) is 7.60. The Bertz CT molecular complexity index is 1220. The number of hydrogen-bond acceptors (Lipinski definition) is 8. The van der Waals surface area contributed by atoms with E-state index < -0.39 is 0 Å². The zero-order chi connectivity index (χ0) is 23.4. The summed E-state index contributed by atoms with van der Waals surface area (Å²) in [5.41, 5.74) is 1.25. The van der Waals surface area contributed by atoms with Gasteiger partial charge >= 0.3 is 0 Å². The fourth-order valence-electron chi connectivity index (χ4n) is 3.61. The van der Waals surface area contributed by atoms with E-state index in [1.807, 2.05) is 30.0 Å². The average Bonchev–Trinajstić information content (AvgIpc) is 2.84. The number of anilines is 3. The first-order chi connectivity index (χ1) is 16.0. The number of nitrogens with one attached hydrogen (secondary N) is 1. The molecule has 1 aliphatic heterocycles. The Morgan fingerprint density at radius 1 is 1.24 bits per heavy atom. The van der Waals surface area contributed by atoms with Gasteiger partial charge in [-0.05, 0) is 31.2 Å². The molecule has 3 heterocycles. The van der Waals surface area contributed by atoms with E-state index in [0.717, 1.165) is 29.7 Å². The van der Waals surface area contributed by atoms with Crippen LogP contribution in [0.2, 0.25) is 5.02 Å². The molecule has 0 unspecified atom stereocenters. The van der Waals surface area contributed by atoms with Crippen LogP contribution in [0, 0.1) is 0 Å². The van der Waals surface area contributed by atoms with Crippen LogP contribution in [0.1, 0.15) is 20.3 Å². The van der Waals surface area contributed by atoms with Crippen molar-refractivity contribution in [2.75, 3.05) is 43.1 Å². The molecule has 3 aromatic rings. The molecule has 0 amide bonds. The number of aryl methyl sites for hydroxylation is 1. The summed E-state index contributed by atoms with van der Waals surface area (Å²) in [5, 5.41) is 4.44. The van der Waals surface area contributed by atoms with Crippen molar-refractivity contribution < 1.29 is 14.3 Å². The van der Waals surface area contributed by atoms with Crippen molar-refractivity contribution in [1.29, 1.82) is 0 Å². The number of ether oxygens (including phenoxy) is 2. The second kappa shape index (κ2) is 10.2. The van der Waals surface area contributed by atoms with Gasteiger partial charge < -0.3 is 24.3 Å². The highest BCUT2D eigenvalue weighted by molar-refractivity contribution is 6.32. The van der Waals surface area contributed by atoms with Crippen molar-refractivity contribution >= 4 is 45.7 Å². The Kier molecular flexibility index (Phi) is 7.10. The molecule has 9 nitrogen and oxygen atoms in total. The molecular formula is C23H26ClN5O4. The van der Waals surface area contributed by atoms with Crippen molar-refractivity contribution in [2.24, 2.45) is 0 Å². The number of Topliss-reactive ketones (excluding diaryl/α,β-unsaturated/α-hetero) is 1. The first-order valence-electron chi connectivity index (χ1n) is 10.9. The van der Waals surface area contributed by atoms with Gasteiger partial charge in [-0.3, -0.25) is 9.59 Å². The SMILES string of the molecule is CCC(=O)COc1cc2cc(Nc3nc(N4CCOCC4)ncc3Cl)ccc2n(CC)c1=O. The van der Waals surface area contributed by atoms with Crippen molar-refractivity contribution in [3.05, 3.63) is 45.8 Å². The summed E-state index contributed by atoms with van der Waals surface area (Å²) >= 11 is 6.35. The van der Waals surface area contributed by atoms with Gasteiger partial charge in [0.15, 0.2) is 17.4 Å². The largest absolute Gasteiger partial charge is 0.480 e. The average molecular weight is 472 g/mol. The van der Waals surface area contributed by atoms with E-state index in [1.54, 1.807) is 23.8 Å². The number of morpholine rings is 1. The van der Waals surface area contributed by atoms with Crippen LogP contribution in [0.25, 0.3) is 10.9 Å². The van der Waals surface area contributed by atoms with Crippen LogP contribution >= 0.6 is 11.6 Å². The smallest absolute Gasteiger partial charge is 0.293 e. The molecular weight excluding hydrogens is 446 g/mol. The number of fused-ring (bicyclic) bond motifs is 1. The number of carbonyl (C=O) groups is 1. The van der Waals surface area contributed by atoms with Crippen LogP contribution in [0.4, 0.5) is 17.5 Å². The lowest BCUT2D eigenvalue weighted by molar-refractivity contribution is -0.120. The number of carbonyl (C=O) groups excluding carboxylic acids is 1. The van der Waals surface area contributed by atoms with Crippen LogP contribution in [0.3, 0.4) is 0 Å². The normalized spacial score (nSPS) is 13.8. The van der Waals surface area contributed by atoms with Gasteiger partial charge in [0.25, 0.3) is 5.56 Å². The molecule has 10 heteroatoms. The molecule has 4 rings (SSSR count). The lowest BCUT2D eigenvalue weighted by Crippen LogP contribution is -2.37. The number of pyridine rings is 1. The Labute approximate surface area is 196 Å². The maximum absolute atomic E-state index is 12.8. The topological polar surface area (TPSA) is 98.6 Å². The Balaban J connectivity index is 1.65. The number of benzene rings is 1. The molecule has 1 N–H and O–H groups in total. The van der Waals surface area contributed by atoms with Gasteiger partial charge in [-0.25, -0.2) is 4.98 Å². The van der Waals surface area contributed by atoms with E-state index in [0.29, 0.717) is 43.0 Å². The van der Waals surface area contributed by atoms with Gasteiger partial charge in [-0.15, -0.1) is 0 Å². The van der Waals surface area contributed by atoms with Crippen molar-refractivity contribution in [3.63, 3.8) is 0 Å². The summed E-state index contributed by atoms with van der Waals surface area (Å²) in [7, 11) is 0. The Hall–Kier alpha value is -3.17. The minimum atomic E-state index is -0.261. The molecule has 174 valence electrons. The maximum Gasteiger partial charge on any atom is 0.293 e.